The van der Waals surface area contributed by atoms with Crippen LogP contribution in [0.3, 0.4) is 0 Å². The fourth-order valence-electron chi connectivity index (χ4n) is 0.785. The van der Waals surface area contributed by atoms with Crippen LogP contribution >= 0.6 is 23.2 Å². The third-order valence-corrected chi connectivity index (χ3v) is 2.49. The van der Waals surface area contributed by atoms with Crippen molar-refractivity contribution in [3.05, 3.63) is 0 Å². The van der Waals surface area contributed by atoms with E-state index in [0.29, 0.717) is 0 Å². The summed E-state index contributed by atoms with van der Waals surface area (Å²) in [7, 11) is 0. The predicted molar refractivity (Wildman–Crippen MR) is 47.5 cm³/mol. The zero-order chi connectivity index (χ0) is 20.0. The molecule has 0 aromatic heterocycles. The summed E-state index contributed by atoms with van der Waals surface area (Å²) in [5.41, 5.74) is 0. The van der Waals surface area contributed by atoms with Crippen LogP contribution in [0.4, 0.5) is 48.3 Å². The van der Waals surface area contributed by atoms with E-state index >= 15 is 0 Å². The number of halogens is 13. The molecule has 0 aliphatic carbocycles. The van der Waals surface area contributed by atoms with Gasteiger partial charge in [-0.25, -0.2) is 0 Å². The number of hydrogen-bond donors (Lipinski definition) is 0. The van der Waals surface area contributed by atoms with Crippen LogP contribution in [-0.4, -0.2) is 40.9 Å². The monoisotopic (exact) mass is 450 g/mol. The maximum absolute atomic E-state index is 13.3. The molecule has 2 unspecified atom stereocenters. The predicted octanol–water partition coefficient (Wildman–Crippen LogP) is -0.119. The average molecular weight is 451 g/mol. The molecular weight excluding hydrogens is 451 g/mol. The Morgan fingerprint density at radius 1 is 0.800 bits per heavy atom. The van der Waals surface area contributed by atoms with Crippen LogP contribution in [0.1, 0.15) is 0 Å². The Bertz CT molecular complexity index is 494. The van der Waals surface area contributed by atoms with Gasteiger partial charge in [0.25, 0.3) is 0 Å². The van der Waals surface area contributed by atoms with Gasteiger partial charge in [0, 0.05) is 0 Å². The molecule has 0 amide bonds. The number of aliphatic carboxylic acids is 1. The normalized spacial score (nSPS) is 18.8. The molecule has 0 heterocycles. The zero-order valence-electron chi connectivity index (χ0n) is 11.0. The van der Waals surface area contributed by atoms with E-state index in [0.717, 1.165) is 0 Å². The number of carboxylic acids is 1. The number of ether oxygens (including phenoxy) is 2. The molecule has 25 heavy (non-hydrogen) atoms. The Balaban J connectivity index is 0. The molecule has 0 fully saturated rings. The molecule has 2 atom stereocenters. The van der Waals surface area contributed by atoms with Gasteiger partial charge in [-0.1, -0.05) is 0 Å². The first-order valence-electron chi connectivity index (χ1n) is 4.68. The summed E-state index contributed by atoms with van der Waals surface area (Å²) in [6, 6.07) is 0. The molecule has 0 aromatic carbocycles. The second kappa shape index (κ2) is 7.67. The van der Waals surface area contributed by atoms with Gasteiger partial charge in [-0.15, -0.1) is 0 Å². The van der Waals surface area contributed by atoms with Crippen LogP contribution in [0.2, 0.25) is 0 Å². The third kappa shape index (κ3) is 5.84. The molecular formula is C7Cl2F11NaO4. The molecule has 0 saturated carbocycles. The summed E-state index contributed by atoms with van der Waals surface area (Å²) in [6.45, 7) is 0. The summed E-state index contributed by atoms with van der Waals surface area (Å²) < 4.78 is 143. The van der Waals surface area contributed by atoms with Gasteiger partial charge >= 0.3 is 64.5 Å². The van der Waals surface area contributed by atoms with E-state index < -0.39 is 40.9 Å². The van der Waals surface area contributed by atoms with Gasteiger partial charge in [0.2, 0.25) is 0 Å². The van der Waals surface area contributed by atoms with Crippen LogP contribution in [0.5, 0.6) is 0 Å². The van der Waals surface area contributed by atoms with E-state index in [1.807, 2.05) is 4.74 Å². The van der Waals surface area contributed by atoms with Crippen LogP contribution < -0.4 is 34.7 Å². The largest absolute Gasteiger partial charge is 1.00 e. The number of carbonyl (C=O) groups is 1. The average Bonchev–Trinajstić information content (AvgIpc) is 2.22. The second-order valence-electron chi connectivity index (χ2n) is 3.63. The van der Waals surface area contributed by atoms with Gasteiger partial charge in [-0.3, -0.25) is 9.47 Å². The van der Waals surface area contributed by atoms with Gasteiger partial charge in [-0.05, 0) is 23.2 Å². The van der Waals surface area contributed by atoms with Crippen LogP contribution in [-0.2, 0) is 14.3 Å². The Hall–Kier alpha value is 0.200. The molecule has 18 heteroatoms. The summed E-state index contributed by atoms with van der Waals surface area (Å²) in [5, 5.41) is -1.73. The molecule has 0 bridgehead atoms. The Morgan fingerprint density at radius 3 is 1.40 bits per heavy atom. The van der Waals surface area contributed by atoms with Crippen molar-refractivity contribution >= 4 is 29.2 Å². The van der Waals surface area contributed by atoms with Crippen molar-refractivity contribution in [1.29, 1.82) is 0 Å². The second-order valence-corrected chi connectivity index (χ2v) is 4.59. The molecule has 0 radical (unpaired) electrons. The molecule has 0 aliphatic rings. The van der Waals surface area contributed by atoms with Crippen molar-refractivity contribution < 1.29 is 97.2 Å². The summed E-state index contributed by atoms with van der Waals surface area (Å²) >= 11 is 7.71. The van der Waals surface area contributed by atoms with E-state index in [4.69, 9.17) is 0 Å². The van der Waals surface area contributed by atoms with Gasteiger partial charge in [-0.2, -0.15) is 48.3 Å². The van der Waals surface area contributed by atoms with Crippen molar-refractivity contribution in [1.82, 2.24) is 0 Å². The Morgan fingerprint density at radius 2 is 1.16 bits per heavy atom. The maximum Gasteiger partial charge on any atom is 1.00 e. The molecule has 0 spiro atoms. The topological polar surface area (TPSA) is 58.6 Å². The minimum atomic E-state index is -7.27. The van der Waals surface area contributed by atoms with E-state index in [1.165, 1.54) is 0 Å². The maximum atomic E-state index is 13.3. The first-order chi connectivity index (χ1) is 10.1. The van der Waals surface area contributed by atoms with Gasteiger partial charge in [0.1, 0.15) is 5.97 Å². The number of rotatable bonds is 7. The summed E-state index contributed by atoms with van der Waals surface area (Å²) in [5.74, 6) is -11.1. The fourth-order valence-corrected chi connectivity index (χ4v) is 0.921. The van der Waals surface area contributed by atoms with Gasteiger partial charge in [0.15, 0.2) is 0 Å². The van der Waals surface area contributed by atoms with Gasteiger partial charge in [0.05, 0.1) is 0 Å². The minimum Gasteiger partial charge on any atom is -0.542 e. The number of carboxylic acid groups (broad SMARTS) is 1. The zero-order valence-corrected chi connectivity index (χ0v) is 14.6. The van der Waals surface area contributed by atoms with Crippen molar-refractivity contribution in [3.63, 3.8) is 0 Å². The summed E-state index contributed by atoms with van der Waals surface area (Å²) in [6.07, 6.45) is -20.7. The fraction of sp³-hybridized carbons (Fsp3) is 0.857. The smallest absolute Gasteiger partial charge is 0.542 e. The third-order valence-electron chi connectivity index (χ3n) is 1.83. The molecule has 0 aromatic rings. The molecule has 0 N–H and O–H groups in total. The van der Waals surface area contributed by atoms with Crippen molar-refractivity contribution in [2.45, 2.75) is 34.9 Å². The van der Waals surface area contributed by atoms with E-state index in [-0.39, 0.29) is 29.6 Å². The number of hydrogen-bond acceptors (Lipinski definition) is 4. The SMILES string of the molecule is O=C([O-])C(F)(F)OC(F)(C(F)(F)F)C(F)(F)OC(F)(Cl)C(F)(F)Cl.[Na+]. The van der Waals surface area contributed by atoms with Crippen molar-refractivity contribution in [2.24, 2.45) is 0 Å². The van der Waals surface area contributed by atoms with E-state index in [2.05, 4.69) is 23.2 Å². The number of carbonyl (C=O) groups excluding carboxylic acids is 1. The first kappa shape index (κ1) is 27.4. The minimum absolute atomic E-state index is 0. The van der Waals surface area contributed by atoms with E-state index in [9.17, 15) is 58.2 Å². The van der Waals surface area contributed by atoms with E-state index in [1.54, 1.807) is 4.74 Å². The number of alkyl halides is 13. The van der Waals surface area contributed by atoms with Crippen LogP contribution in [0, 0.1) is 0 Å². The van der Waals surface area contributed by atoms with Crippen molar-refractivity contribution in [2.75, 3.05) is 0 Å². The Kier molecular flexibility index (Phi) is 8.42. The quantitative estimate of drug-likeness (QED) is 0.308. The standard InChI is InChI=1S/C7HCl2F11O4.Na/c8-4(13,14)5(9,15)24-7(19,20)3(12,6(16,17)18)23-2(10,11)1(21)22;/h(H,21,22);/q;+1/p-1. The first-order valence-corrected chi connectivity index (χ1v) is 5.44. The molecule has 4 nitrogen and oxygen atoms in total. The molecule has 144 valence electrons. The molecule has 0 aliphatic heterocycles. The van der Waals surface area contributed by atoms with Crippen molar-refractivity contribution in [3.8, 4) is 0 Å². The van der Waals surface area contributed by atoms with Crippen LogP contribution in [0.15, 0.2) is 0 Å². The molecule has 0 saturated heterocycles. The van der Waals surface area contributed by atoms with Gasteiger partial charge < -0.3 is 9.90 Å². The summed E-state index contributed by atoms with van der Waals surface area (Å²) in [4.78, 5) is 9.75. The molecule has 0 rings (SSSR count). The Labute approximate surface area is 161 Å². The van der Waals surface area contributed by atoms with Crippen LogP contribution in [0.25, 0.3) is 0 Å².